The first kappa shape index (κ1) is 22.1. The number of H-pyrrole nitrogens is 1. The standard InChI is InChI=1S/C19H22ClFN6O2S2/c1-2-31(28,29)26-9-4-5-13(11-26)18-22-23-19(30)27(18)17-8-10-25(24-17)12-14-15(20)6-3-7-16(14)21/h3,6-8,10,13H,2,4-5,9,11-12H2,1H3,(H,23,30). The van der Waals surface area contributed by atoms with Gasteiger partial charge >= 0.3 is 0 Å². The third-order valence-corrected chi connectivity index (χ3v) is 7.92. The highest BCUT2D eigenvalue weighted by atomic mass is 35.5. The van der Waals surface area contributed by atoms with Gasteiger partial charge in [0.15, 0.2) is 5.82 Å². The highest BCUT2D eigenvalue weighted by molar-refractivity contribution is 7.89. The summed E-state index contributed by atoms with van der Waals surface area (Å²) in [5.74, 6) is 0.709. The molecule has 0 saturated carbocycles. The Labute approximate surface area is 189 Å². The van der Waals surface area contributed by atoms with Gasteiger partial charge in [0, 0.05) is 41.9 Å². The van der Waals surface area contributed by atoms with Crippen molar-refractivity contribution in [3.8, 4) is 5.82 Å². The number of rotatable bonds is 6. The van der Waals surface area contributed by atoms with E-state index < -0.39 is 15.8 Å². The van der Waals surface area contributed by atoms with E-state index in [1.54, 1.807) is 40.6 Å². The minimum Gasteiger partial charge on any atom is -0.266 e. The van der Waals surface area contributed by atoms with Gasteiger partial charge in [0.1, 0.15) is 11.6 Å². The van der Waals surface area contributed by atoms with E-state index in [1.807, 2.05) is 0 Å². The van der Waals surface area contributed by atoms with Crippen LogP contribution in [0.4, 0.5) is 4.39 Å². The van der Waals surface area contributed by atoms with Crippen molar-refractivity contribution in [2.45, 2.75) is 32.2 Å². The highest BCUT2D eigenvalue weighted by Gasteiger charge is 2.31. The lowest BCUT2D eigenvalue weighted by molar-refractivity contribution is 0.307. The van der Waals surface area contributed by atoms with Crippen molar-refractivity contribution in [1.29, 1.82) is 0 Å². The molecule has 31 heavy (non-hydrogen) atoms. The lowest BCUT2D eigenvalue weighted by Gasteiger charge is -2.31. The number of aromatic amines is 1. The minimum absolute atomic E-state index is 0.0651. The predicted molar refractivity (Wildman–Crippen MR) is 118 cm³/mol. The molecule has 3 aromatic rings. The summed E-state index contributed by atoms with van der Waals surface area (Å²) in [6, 6.07) is 6.30. The van der Waals surface area contributed by atoms with Crippen molar-refractivity contribution in [3.63, 3.8) is 0 Å². The van der Waals surface area contributed by atoms with Crippen LogP contribution in [-0.2, 0) is 16.6 Å². The fourth-order valence-corrected chi connectivity index (χ4v) is 5.43. The van der Waals surface area contributed by atoms with Crippen LogP contribution in [0, 0.1) is 10.6 Å². The molecule has 1 aliphatic rings. The Morgan fingerprint density at radius 3 is 2.90 bits per heavy atom. The van der Waals surface area contributed by atoms with E-state index in [-0.39, 0.29) is 18.2 Å². The van der Waals surface area contributed by atoms with Gasteiger partial charge in [-0.25, -0.2) is 17.1 Å². The van der Waals surface area contributed by atoms with Crippen LogP contribution in [0.15, 0.2) is 30.5 Å². The Hall–Kier alpha value is -2.08. The molecule has 1 aliphatic heterocycles. The van der Waals surface area contributed by atoms with Crippen LogP contribution < -0.4 is 0 Å². The maximum Gasteiger partial charge on any atom is 0.213 e. The number of piperidine rings is 1. The molecule has 0 spiro atoms. The first-order valence-corrected chi connectivity index (χ1v) is 12.3. The molecular weight excluding hydrogens is 463 g/mol. The zero-order chi connectivity index (χ0) is 22.2. The third kappa shape index (κ3) is 4.45. The summed E-state index contributed by atoms with van der Waals surface area (Å²) in [5.41, 5.74) is 0.350. The fourth-order valence-electron chi connectivity index (χ4n) is 3.80. The Bertz CT molecular complexity index is 1230. The van der Waals surface area contributed by atoms with E-state index in [1.165, 1.54) is 10.4 Å². The molecule has 1 fully saturated rings. The van der Waals surface area contributed by atoms with Crippen LogP contribution in [0.25, 0.3) is 5.82 Å². The number of aromatic nitrogens is 5. The minimum atomic E-state index is -3.28. The van der Waals surface area contributed by atoms with Gasteiger partial charge in [0.05, 0.1) is 12.3 Å². The van der Waals surface area contributed by atoms with Gasteiger partial charge in [0.25, 0.3) is 0 Å². The van der Waals surface area contributed by atoms with E-state index in [2.05, 4.69) is 15.3 Å². The van der Waals surface area contributed by atoms with Crippen LogP contribution in [0.5, 0.6) is 0 Å². The molecule has 1 N–H and O–H groups in total. The third-order valence-electron chi connectivity index (χ3n) is 5.44. The largest absolute Gasteiger partial charge is 0.266 e. The Morgan fingerprint density at radius 1 is 1.35 bits per heavy atom. The number of nitrogens with one attached hydrogen (secondary N) is 1. The zero-order valence-electron chi connectivity index (χ0n) is 16.8. The van der Waals surface area contributed by atoms with Gasteiger partial charge in [-0.15, -0.1) is 0 Å². The van der Waals surface area contributed by atoms with Crippen molar-refractivity contribution in [2.75, 3.05) is 18.8 Å². The zero-order valence-corrected chi connectivity index (χ0v) is 19.2. The monoisotopic (exact) mass is 484 g/mol. The second-order valence-corrected chi connectivity index (χ2v) is 10.4. The molecular formula is C19H22ClFN6O2S2. The molecule has 4 rings (SSSR count). The molecule has 0 radical (unpaired) electrons. The summed E-state index contributed by atoms with van der Waals surface area (Å²) in [7, 11) is -3.28. The van der Waals surface area contributed by atoms with Crippen molar-refractivity contribution in [3.05, 3.63) is 57.5 Å². The Kier molecular flexibility index (Phi) is 6.29. The van der Waals surface area contributed by atoms with E-state index in [0.717, 1.165) is 12.8 Å². The normalized spacial score (nSPS) is 17.8. The fraction of sp³-hybridized carbons (Fsp3) is 0.421. The molecule has 166 valence electrons. The maximum absolute atomic E-state index is 14.1. The van der Waals surface area contributed by atoms with Gasteiger partial charge in [-0.05, 0) is 44.1 Å². The summed E-state index contributed by atoms with van der Waals surface area (Å²) in [6.45, 7) is 2.67. The second kappa shape index (κ2) is 8.81. The van der Waals surface area contributed by atoms with Crippen molar-refractivity contribution in [2.24, 2.45) is 0 Å². The summed E-state index contributed by atoms with van der Waals surface area (Å²) >= 11 is 11.5. The Balaban J connectivity index is 1.63. The van der Waals surface area contributed by atoms with Gasteiger partial charge in [0.2, 0.25) is 14.8 Å². The number of hydrogen-bond donors (Lipinski definition) is 1. The molecule has 1 saturated heterocycles. The molecule has 0 aliphatic carbocycles. The van der Waals surface area contributed by atoms with Gasteiger partial charge in [-0.1, -0.05) is 17.7 Å². The van der Waals surface area contributed by atoms with E-state index in [4.69, 9.17) is 23.8 Å². The van der Waals surface area contributed by atoms with Crippen LogP contribution in [-0.4, -0.2) is 56.1 Å². The summed E-state index contributed by atoms with van der Waals surface area (Å²) in [5, 5.41) is 12.0. The SMILES string of the molecule is CCS(=O)(=O)N1CCCC(c2n[nH]c(=S)n2-c2ccn(Cc3c(F)cccc3Cl)n2)C1. The first-order chi connectivity index (χ1) is 14.8. The average Bonchev–Trinajstić information content (AvgIpc) is 3.37. The molecule has 12 heteroatoms. The quantitative estimate of drug-likeness (QED) is 0.541. The lowest BCUT2D eigenvalue weighted by Crippen LogP contribution is -2.40. The Morgan fingerprint density at radius 2 is 2.16 bits per heavy atom. The summed E-state index contributed by atoms with van der Waals surface area (Å²) in [4.78, 5) is 0. The van der Waals surface area contributed by atoms with E-state index in [9.17, 15) is 12.8 Å². The van der Waals surface area contributed by atoms with Gasteiger partial charge in [-0.3, -0.25) is 14.3 Å². The molecule has 1 atom stereocenters. The van der Waals surface area contributed by atoms with Crippen molar-refractivity contribution >= 4 is 33.8 Å². The van der Waals surface area contributed by atoms with Gasteiger partial charge < -0.3 is 0 Å². The van der Waals surface area contributed by atoms with Crippen molar-refractivity contribution < 1.29 is 12.8 Å². The number of hydrogen-bond acceptors (Lipinski definition) is 5. The summed E-state index contributed by atoms with van der Waals surface area (Å²) < 4.78 is 44.0. The van der Waals surface area contributed by atoms with Crippen LogP contribution in [0.1, 0.15) is 37.1 Å². The smallest absolute Gasteiger partial charge is 0.213 e. The predicted octanol–water partition coefficient (Wildman–Crippen LogP) is 3.50. The maximum atomic E-state index is 14.1. The summed E-state index contributed by atoms with van der Waals surface area (Å²) in [6.07, 6.45) is 3.25. The first-order valence-electron chi connectivity index (χ1n) is 9.92. The van der Waals surface area contributed by atoms with Crippen LogP contribution in [0.2, 0.25) is 5.02 Å². The molecule has 3 heterocycles. The molecule has 0 amide bonds. The number of sulfonamides is 1. The van der Waals surface area contributed by atoms with Crippen molar-refractivity contribution in [1.82, 2.24) is 28.9 Å². The highest BCUT2D eigenvalue weighted by Crippen LogP contribution is 2.29. The molecule has 1 aromatic carbocycles. The van der Waals surface area contributed by atoms with Gasteiger partial charge in [-0.2, -0.15) is 10.2 Å². The van der Waals surface area contributed by atoms with Crippen LogP contribution in [0.3, 0.4) is 0 Å². The molecule has 0 bridgehead atoms. The number of halogens is 2. The second-order valence-electron chi connectivity index (χ2n) is 7.39. The average molecular weight is 485 g/mol. The number of benzene rings is 1. The molecule has 2 aromatic heterocycles. The number of nitrogens with zero attached hydrogens (tertiary/aromatic N) is 5. The molecule has 8 nitrogen and oxygen atoms in total. The topological polar surface area (TPSA) is 88.8 Å². The molecule has 1 unspecified atom stereocenters. The van der Waals surface area contributed by atoms with E-state index in [0.29, 0.717) is 40.1 Å². The van der Waals surface area contributed by atoms with E-state index >= 15 is 0 Å². The van der Waals surface area contributed by atoms with Crippen LogP contribution >= 0.6 is 23.8 Å². The lowest BCUT2D eigenvalue weighted by atomic mass is 9.99.